The van der Waals surface area contributed by atoms with Crippen molar-refractivity contribution in [2.45, 2.75) is 56.4 Å². The second-order valence-electron chi connectivity index (χ2n) is 6.36. The highest BCUT2D eigenvalue weighted by atomic mass is 32.1. The van der Waals surface area contributed by atoms with Crippen molar-refractivity contribution in [2.24, 2.45) is 5.73 Å². The van der Waals surface area contributed by atoms with E-state index in [4.69, 9.17) is 5.73 Å². The number of aryl methyl sites for hydroxylation is 1. The van der Waals surface area contributed by atoms with Crippen molar-refractivity contribution in [3.63, 3.8) is 0 Å². The Kier molecular flexibility index (Phi) is 4.77. The van der Waals surface area contributed by atoms with Gasteiger partial charge in [0, 0.05) is 11.5 Å². The molecule has 0 bridgehead atoms. The lowest BCUT2D eigenvalue weighted by molar-refractivity contribution is 0.234. The standard InChI is InChI=1S/C19H25NS/c20-18(10-9-16-11-14-21-15-16)19(12-5-2-6-13-19)17-7-3-1-4-8-17/h1,3-4,7-8,11,14-15,18H,2,5-6,9-10,12-13,20H2. The summed E-state index contributed by atoms with van der Waals surface area (Å²) in [7, 11) is 0. The largest absolute Gasteiger partial charge is 0.327 e. The van der Waals surface area contributed by atoms with Crippen molar-refractivity contribution in [2.75, 3.05) is 0 Å². The molecule has 1 saturated carbocycles. The highest BCUT2D eigenvalue weighted by Gasteiger charge is 2.38. The van der Waals surface area contributed by atoms with E-state index in [1.165, 1.54) is 43.2 Å². The Bertz CT molecular complexity index is 526. The number of hydrogen-bond donors (Lipinski definition) is 1. The molecule has 2 heteroatoms. The highest BCUT2D eigenvalue weighted by molar-refractivity contribution is 7.07. The minimum absolute atomic E-state index is 0.204. The van der Waals surface area contributed by atoms with E-state index < -0.39 is 0 Å². The van der Waals surface area contributed by atoms with Gasteiger partial charge in [-0.05, 0) is 53.6 Å². The summed E-state index contributed by atoms with van der Waals surface area (Å²) in [5.74, 6) is 0. The quantitative estimate of drug-likeness (QED) is 0.834. The lowest BCUT2D eigenvalue weighted by atomic mass is 9.64. The molecular formula is C19H25NS. The van der Waals surface area contributed by atoms with Gasteiger partial charge in [-0.3, -0.25) is 0 Å². The first-order valence-electron chi connectivity index (χ1n) is 8.13. The lowest BCUT2D eigenvalue weighted by Gasteiger charge is -2.43. The van der Waals surface area contributed by atoms with E-state index in [0.29, 0.717) is 0 Å². The third-order valence-corrected chi connectivity index (χ3v) is 5.86. The fourth-order valence-corrected chi connectivity index (χ4v) is 4.56. The van der Waals surface area contributed by atoms with Crippen LogP contribution >= 0.6 is 11.3 Å². The SMILES string of the molecule is NC(CCc1ccsc1)C1(c2ccccc2)CCCCC1. The molecule has 0 aliphatic heterocycles. The zero-order chi connectivity index (χ0) is 14.5. The van der Waals surface area contributed by atoms with Crippen molar-refractivity contribution in [3.8, 4) is 0 Å². The molecule has 1 aliphatic rings. The third-order valence-electron chi connectivity index (χ3n) is 5.13. The van der Waals surface area contributed by atoms with Gasteiger partial charge in [-0.2, -0.15) is 11.3 Å². The molecule has 1 unspecified atom stereocenters. The maximum atomic E-state index is 6.74. The summed E-state index contributed by atoms with van der Waals surface area (Å²) in [6, 6.07) is 13.5. The van der Waals surface area contributed by atoms with Crippen LogP contribution in [0.5, 0.6) is 0 Å². The van der Waals surface area contributed by atoms with Gasteiger partial charge in [-0.25, -0.2) is 0 Å². The van der Waals surface area contributed by atoms with Gasteiger partial charge in [0.1, 0.15) is 0 Å². The van der Waals surface area contributed by atoms with E-state index in [1.807, 2.05) is 0 Å². The molecule has 1 atom stereocenters. The molecule has 2 aromatic rings. The normalized spacial score (nSPS) is 19.3. The maximum absolute atomic E-state index is 6.74. The minimum Gasteiger partial charge on any atom is -0.327 e. The summed E-state index contributed by atoms with van der Waals surface area (Å²) in [4.78, 5) is 0. The van der Waals surface area contributed by atoms with Gasteiger partial charge in [-0.15, -0.1) is 0 Å². The van der Waals surface area contributed by atoms with Crippen LogP contribution in [0, 0.1) is 0 Å². The summed E-state index contributed by atoms with van der Waals surface area (Å²) in [6.45, 7) is 0. The van der Waals surface area contributed by atoms with Gasteiger partial charge in [0.2, 0.25) is 0 Å². The van der Waals surface area contributed by atoms with E-state index in [9.17, 15) is 0 Å². The predicted octanol–water partition coefficient (Wildman–Crippen LogP) is 4.91. The van der Waals surface area contributed by atoms with Crippen LogP contribution in [0.3, 0.4) is 0 Å². The number of hydrogen-bond acceptors (Lipinski definition) is 2. The van der Waals surface area contributed by atoms with E-state index in [2.05, 4.69) is 47.2 Å². The molecule has 1 nitrogen and oxygen atoms in total. The van der Waals surface area contributed by atoms with Crippen molar-refractivity contribution >= 4 is 11.3 Å². The van der Waals surface area contributed by atoms with Crippen molar-refractivity contribution < 1.29 is 0 Å². The minimum atomic E-state index is 0.204. The third kappa shape index (κ3) is 3.22. The summed E-state index contributed by atoms with van der Waals surface area (Å²) < 4.78 is 0. The van der Waals surface area contributed by atoms with E-state index in [0.717, 1.165) is 12.8 Å². The second-order valence-corrected chi connectivity index (χ2v) is 7.14. The Hall–Kier alpha value is -1.12. The van der Waals surface area contributed by atoms with Gasteiger partial charge in [-0.1, -0.05) is 49.6 Å². The topological polar surface area (TPSA) is 26.0 Å². The average molecular weight is 299 g/mol. The Morgan fingerprint density at radius 3 is 2.48 bits per heavy atom. The number of benzene rings is 1. The van der Waals surface area contributed by atoms with Crippen molar-refractivity contribution in [1.29, 1.82) is 0 Å². The molecule has 0 spiro atoms. The van der Waals surface area contributed by atoms with Crippen molar-refractivity contribution in [1.82, 2.24) is 0 Å². The number of rotatable bonds is 5. The zero-order valence-corrected chi connectivity index (χ0v) is 13.4. The molecule has 21 heavy (non-hydrogen) atoms. The first-order chi connectivity index (χ1) is 10.3. The molecule has 1 aliphatic carbocycles. The molecule has 0 saturated heterocycles. The van der Waals surface area contributed by atoms with Gasteiger partial charge >= 0.3 is 0 Å². The monoisotopic (exact) mass is 299 g/mol. The molecule has 1 heterocycles. The molecule has 2 N–H and O–H groups in total. The van der Waals surface area contributed by atoms with Gasteiger partial charge in [0.15, 0.2) is 0 Å². The highest BCUT2D eigenvalue weighted by Crippen LogP contribution is 2.42. The fraction of sp³-hybridized carbons (Fsp3) is 0.474. The van der Waals surface area contributed by atoms with Crippen LogP contribution in [0.15, 0.2) is 47.2 Å². The van der Waals surface area contributed by atoms with Gasteiger partial charge < -0.3 is 5.73 Å². The van der Waals surface area contributed by atoms with Gasteiger partial charge in [0.25, 0.3) is 0 Å². The summed E-state index contributed by atoms with van der Waals surface area (Å²) in [6.07, 6.45) is 8.71. The number of thiophene rings is 1. The molecule has 112 valence electrons. The van der Waals surface area contributed by atoms with Crippen LogP contribution in [-0.2, 0) is 11.8 Å². The Balaban J connectivity index is 1.78. The van der Waals surface area contributed by atoms with E-state index in [1.54, 1.807) is 11.3 Å². The van der Waals surface area contributed by atoms with Crippen LogP contribution in [0.25, 0.3) is 0 Å². The summed E-state index contributed by atoms with van der Waals surface area (Å²) in [5, 5.41) is 4.41. The number of nitrogens with two attached hydrogens (primary N) is 1. The van der Waals surface area contributed by atoms with Crippen LogP contribution in [0.1, 0.15) is 49.7 Å². The molecule has 0 radical (unpaired) electrons. The molecule has 1 aromatic heterocycles. The summed E-state index contributed by atoms with van der Waals surface area (Å²) >= 11 is 1.78. The Morgan fingerprint density at radius 2 is 1.81 bits per heavy atom. The van der Waals surface area contributed by atoms with Crippen LogP contribution < -0.4 is 5.73 Å². The molecule has 1 fully saturated rings. The predicted molar refractivity (Wildman–Crippen MR) is 91.8 cm³/mol. The average Bonchev–Trinajstić information content (AvgIpc) is 3.07. The zero-order valence-electron chi connectivity index (χ0n) is 12.6. The molecular weight excluding hydrogens is 274 g/mol. The maximum Gasteiger partial charge on any atom is 0.0139 e. The smallest absolute Gasteiger partial charge is 0.0139 e. The van der Waals surface area contributed by atoms with Crippen LogP contribution in [0.2, 0.25) is 0 Å². The van der Waals surface area contributed by atoms with E-state index >= 15 is 0 Å². The first-order valence-corrected chi connectivity index (χ1v) is 9.08. The van der Waals surface area contributed by atoms with Crippen molar-refractivity contribution in [3.05, 3.63) is 58.3 Å². The molecule has 3 rings (SSSR count). The summed E-state index contributed by atoms with van der Waals surface area (Å²) in [5.41, 5.74) is 9.84. The Morgan fingerprint density at radius 1 is 1.05 bits per heavy atom. The fourth-order valence-electron chi connectivity index (χ4n) is 3.86. The molecule has 1 aromatic carbocycles. The van der Waals surface area contributed by atoms with Crippen LogP contribution in [-0.4, -0.2) is 6.04 Å². The second kappa shape index (κ2) is 6.76. The first kappa shape index (κ1) is 14.8. The molecule has 0 amide bonds. The van der Waals surface area contributed by atoms with Gasteiger partial charge in [0.05, 0.1) is 0 Å². The van der Waals surface area contributed by atoms with E-state index in [-0.39, 0.29) is 11.5 Å². The van der Waals surface area contributed by atoms with Crippen LogP contribution in [0.4, 0.5) is 0 Å². The Labute approximate surface area is 132 Å². The lowest BCUT2D eigenvalue weighted by Crippen LogP contribution is -2.47.